The van der Waals surface area contributed by atoms with Crippen molar-refractivity contribution in [3.63, 3.8) is 0 Å². The molecule has 3 nitrogen and oxygen atoms in total. The monoisotopic (exact) mass is 273 g/mol. The van der Waals surface area contributed by atoms with E-state index >= 15 is 0 Å². The maximum absolute atomic E-state index is 13.3. The number of carbonyl (C=O) groups excluding carboxylic acids is 1. The summed E-state index contributed by atoms with van der Waals surface area (Å²) in [6, 6.07) is 13.6. The second-order valence-corrected chi connectivity index (χ2v) is 4.45. The van der Waals surface area contributed by atoms with Gasteiger partial charge in [-0.05, 0) is 24.1 Å². The van der Waals surface area contributed by atoms with Crippen LogP contribution in [0.2, 0.25) is 0 Å². The van der Waals surface area contributed by atoms with Crippen molar-refractivity contribution in [2.75, 3.05) is 5.73 Å². The van der Waals surface area contributed by atoms with Gasteiger partial charge in [-0.3, -0.25) is 4.79 Å². The van der Waals surface area contributed by atoms with Crippen molar-refractivity contribution in [2.24, 2.45) is 0 Å². The van der Waals surface area contributed by atoms with E-state index in [1.54, 1.807) is 24.3 Å². The molecule has 20 heavy (non-hydrogen) atoms. The third-order valence-electron chi connectivity index (χ3n) is 3.00. The Balaban J connectivity index is 1.82. The third-order valence-corrected chi connectivity index (χ3v) is 3.00. The van der Waals surface area contributed by atoms with E-state index in [9.17, 15) is 9.18 Å². The van der Waals surface area contributed by atoms with Gasteiger partial charge in [-0.2, -0.15) is 0 Å². The molecule has 2 aromatic carbocycles. The van der Waals surface area contributed by atoms with E-state index in [0.29, 0.717) is 17.7 Å². The van der Waals surface area contributed by atoms with Crippen molar-refractivity contribution in [1.29, 1.82) is 0 Å². The molecule has 2 aromatic rings. The Kier molecular flexibility index (Phi) is 4.71. The van der Waals surface area contributed by atoms with Gasteiger partial charge in [0.1, 0.15) is 12.4 Å². The minimum Gasteiger partial charge on any atom is -0.461 e. The van der Waals surface area contributed by atoms with Gasteiger partial charge in [0.25, 0.3) is 0 Å². The summed E-state index contributed by atoms with van der Waals surface area (Å²) in [5, 5.41) is 0. The van der Waals surface area contributed by atoms with Crippen LogP contribution in [-0.2, 0) is 22.6 Å². The molecule has 0 saturated heterocycles. The maximum atomic E-state index is 13.3. The molecule has 2 rings (SSSR count). The third kappa shape index (κ3) is 3.82. The van der Waals surface area contributed by atoms with Crippen LogP contribution in [-0.4, -0.2) is 5.97 Å². The minimum absolute atomic E-state index is 0.0459. The molecular weight excluding hydrogens is 257 g/mol. The number of halogens is 1. The molecule has 0 radical (unpaired) electrons. The Morgan fingerprint density at radius 1 is 1.05 bits per heavy atom. The number of anilines is 1. The van der Waals surface area contributed by atoms with Crippen molar-refractivity contribution in [2.45, 2.75) is 19.4 Å². The highest BCUT2D eigenvalue weighted by Gasteiger charge is 2.07. The largest absolute Gasteiger partial charge is 0.461 e. The van der Waals surface area contributed by atoms with Gasteiger partial charge >= 0.3 is 5.97 Å². The van der Waals surface area contributed by atoms with Crippen molar-refractivity contribution < 1.29 is 13.9 Å². The zero-order valence-corrected chi connectivity index (χ0v) is 11.0. The molecule has 0 heterocycles. The molecule has 0 spiro atoms. The van der Waals surface area contributed by atoms with Crippen LogP contribution in [0, 0.1) is 5.82 Å². The van der Waals surface area contributed by atoms with Crippen LogP contribution < -0.4 is 5.73 Å². The molecular formula is C16H16FNO2. The Bertz CT molecular complexity index is 547. The van der Waals surface area contributed by atoms with Crippen molar-refractivity contribution >= 4 is 11.7 Å². The second kappa shape index (κ2) is 6.70. The van der Waals surface area contributed by atoms with Gasteiger partial charge in [-0.25, -0.2) is 4.39 Å². The van der Waals surface area contributed by atoms with Crippen LogP contribution in [0.5, 0.6) is 0 Å². The maximum Gasteiger partial charge on any atom is 0.306 e. The van der Waals surface area contributed by atoms with Crippen molar-refractivity contribution in [3.05, 3.63) is 65.5 Å². The molecule has 0 fully saturated rings. The number of carbonyl (C=O) groups is 1. The quantitative estimate of drug-likeness (QED) is 0.672. The lowest BCUT2D eigenvalue weighted by molar-refractivity contribution is -0.144. The molecule has 0 aliphatic carbocycles. The predicted octanol–water partition coefficient (Wildman–Crippen LogP) is 3.08. The molecule has 0 amide bonds. The first-order valence-electron chi connectivity index (χ1n) is 6.39. The minimum atomic E-state index is -0.368. The SMILES string of the molecule is Nc1ccccc1CCC(=O)OCc1ccccc1F. The highest BCUT2D eigenvalue weighted by molar-refractivity contribution is 5.70. The number of esters is 1. The summed E-state index contributed by atoms with van der Waals surface area (Å²) in [5.41, 5.74) is 7.74. The highest BCUT2D eigenvalue weighted by Crippen LogP contribution is 2.13. The number of ether oxygens (including phenoxy) is 1. The molecule has 0 aliphatic heterocycles. The van der Waals surface area contributed by atoms with Crippen LogP contribution in [0.25, 0.3) is 0 Å². The standard InChI is InChI=1S/C16H16FNO2/c17-14-7-3-1-6-13(14)11-20-16(19)10-9-12-5-2-4-8-15(12)18/h1-8H,9-11,18H2. The molecule has 0 aromatic heterocycles. The number of hydrogen-bond donors (Lipinski definition) is 1. The van der Waals surface area contributed by atoms with E-state index in [-0.39, 0.29) is 24.8 Å². The highest BCUT2D eigenvalue weighted by atomic mass is 19.1. The predicted molar refractivity (Wildman–Crippen MR) is 75.4 cm³/mol. The Hall–Kier alpha value is -2.36. The fraction of sp³-hybridized carbons (Fsp3) is 0.188. The van der Waals surface area contributed by atoms with Gasteiger partial charge in [-0.15, -0.1) is 0 Å². The smallest absolute Gasteiger partial charge is 0.306 e. The zero-order valence-electron chi connectivity index (χ0n) is 11.0. The van der Waals surface area contributed by atoms with E-state index in [4.69, 9.17) is 10.5 Å². The summed E-state index contributed by atoms with van der Waals surface area (Å²) in [7, 11) is 0. The summed E-state index contributed by atoms with van der Waals surface area (Å²) < 4.78 is 18.4. The summed E-state index contributed by atoms with van der Waals surface area (Å²) in [5.74, 6) is -0.732. The van der Waals surface area contributed by atoms with E-state index in [1.165, 1.54) is 6.07 Å². The van der Waals surface area contributed by atoms with Crippen LogP contribution in [0.4, 0.5) is 10.1 Å². The van der Waals surface area contributed by atoms with Gasteiger partial charge in [0.2, 0.25) is 0 Å². The van der Waals surface area contributed by atoms with E-state index in [1.807, 2.05) is 18.2 Å². The van der Waals surface area contributed by atoms with E-state index in [2.05, 4.69) is 0 Å². The number of nitrogen functional groups attached to an aromatic ring is 1. The van der Waals surface area contributed by atoms with E-state index < -0.39 is 0 Å². The summed E-state index contributed by atoms with van der Waals surface area (Å²) >= 11 is 0. The fourth-order valence-electron chi connectivity index (χ4n) is 1.84. The average molecular weight is 273 g/mol. The van der Waals surface area contributed by atoms with Gasteiger partial charge < -0.3 is 10.5 Å². The van der Waals surface area contributed by atoms with Crippen molar-refractivity contribution in [3.8, 4) is 0 Å². The van der Waals surface area contributed by atoms with Gasteiger partial charge in [0, 0.05) is 17.7 Å². The number of rotatable bonds is 5. The average Bonchev–Trinajstić information content (AvgIpc) is 2.45. The number of benzene rings is 2. The Morgan fingerprint density at radius 2 is 1.70 bits per heavy atom. The second-order valence-electron chi connectivity index (χ2n) is 4.45. The van der Waals surface area contributed by atoms with Crippen LogP contribution >= 0.6 is 0 Å². The normalized spacial score (nSPS) is 10.2. The number of aryl methyl sites for hydroxylation is 1. The number of para-hydroxylation sites is 1. The first kappa shape index (κ1) is 14.1. The molecule has 0 unspecified atom stereocenters. The summed E-state index contributed by atoms with van der Waals surface area (Å²) in [4.78, 5) is 11.6. The van der Waals surface area contributed by atoms with Crippen LogP contribution in [0.1, 0.15) is 17.5 Å². The van der Waals surface area contributed by atoms with E-state index in [0.717, 1.165) is 5.56 Å². The molecule has 0 bridgehead atoms. The van der Waals surface area contributed by atoms with Crippen LogP contribution in [0.3, 0.4) is 0 Å². The molecule has 104 valence electrons. The lowest BCUT2D eigenvalue weighted by Gasteiger charge is -2.07. The first-order chi connectivity index (χ1) is 9.66. The summed E-state index contributed by atoms with van der Waals surface area (Å²) in [6.45, 7) is -0.0459. The van der Waals surface area contributed by atoms with Crippen LogP contribution in [0.15, 0.2) is 48.5 Å². The number of nitrogens with two attached hydrogens (primary N) is 1. The molecule has 0 aliphatic rings. The first-order valence-corrected chi connectivity index (χ1v) is 6.39. The lowest BCUT2D eigenvalue weighted by atomic mass is 10.1. The Labute approximate surface area is 117 Å². The molecule has 0 saturated carbocycles. The Morgan fingerprint density at radius 3 is 2.40 bits per heavy atom. The van der Waals surface area contributed by atoms with Crippen molar-refractivity contribution in [1.82, 2.24) is 0 Å². The molecule has 2 N–H and O–H groups in total. The van der Waals surface area contributed by atoms with Gasteiger partial charge in [0.15, 0.2) is 0 Å². The van der Waals surface area contributed by atoms with Gasteiger partial charge in [-0.1, -0.05) is 36.4 Å². The number of hydrogen-bond acceptors (Lipinski definition) is 3. The molecule has 0 atom stereocenters. The van der Waals surface area contributed by atoms with Gasteiger partial charge in [0.05, 0.1) is 0 Å². The lowest BCUT2D eigenvalue weighted by Crippen LogP contribution is -2.07. The topological polar surface area (TPSA) is 52.3 Å². The fourth-order valence-corrected chi connectivity index (χ4v) is 1.84. The molecule has 4 heteroatoms. The summed E-state index contributed by atoms with van der Waals surface area (Å²) in [6.07, 6.45) is 0.742. The zero-order chi connectivity index (χ0) is 14.4.